The number of benzene rings is 1. The third-order valence-corrected chi connectivity index (χ3v) is 7.74. The normalized spacial score (nSPS) is 19.3. The van der Waals surface area contributed by atoms with Gasteiger partial charge in [0.05, 0.1) is 9.92 Å². The predicted molar refractivity (Wildman–Crippen MR) is 114 cm³/mol. The van der Waals surface area contributed by atoms with Gasteiger partial charge in [-0.15, -0.1) is 10.2 Å². The molecule has 8 nitrogen and oxygen atoms in total. The molecule has 30 heavy (non-hydrogen) atoms. The van der Waals surface area contributed by atoms with E-state index >= 15 is 0 Å². The van der Waals surface area contributed by atoms with Gasteiger partial charge in [0.15, 0.2) is 11.6 Å². The smallest absolute Gasteiger partial charge is 0.243 e. The van der Waals surface area contributed by atoms with E-state index in [0.29, 0.717) is 26.2 Å². The predicted octanol–water partition coefficient (Wildman–Crippen LogP) is 1.53. The molecule has 0 bridgehead atoms. The Hall–Kier alpha value is -2.01. The summed E-state index contributed by atoms with van der Waals surface area (Å²) < 4.78 is 40.4. The second kappa shape index (κ2) is 8.62. The number of aromatic nitrogens is 2. The van der Waals surface area contributed by atoms with Crippen LogP contribution in [0.4, 0.5) is 16.0 Å². The molecule has 0 spiro atoms. The molecule has 2 saturated heterocycles. The first kappa shape index (κ1) is 21.2. The van der Waals surface area contributed by atoms with Gasteiger partial charge in [0.1, 0.15) is 5.82 Å². The highest BCUT2D eigenvalue weighted by Crippen LogP contribution is 2.24. The molecule has 2 aliphatic rings. The molecule has 162 valence electrons. The molecule has 2 aromatic rings. The average molecular weight is 455 g/mol. The lowest BCUT2D eigenvalue weighted by molar-refractivity contribution is 0.312. The Morgan fingerprint density at radius 2 is 1.40 bits per heavy atom. The van der Waals surface area contributed by atoms with E-state index < -0.39 is 15.8 Å². The Morgan fingerprint density at radius 1 is 0.867 bits per heavy atom. The van der Waals surface area contributed by atoms with Gasteiger partial charge >= 0.3 is 0 Å². The average Bonchev–Trinajstić information content (AvgIpc) is 2.76. The number of hydrogen-bond acceptors (Lipinski definition) is 7. The van der Waals surface area contributed by atoms with Crippen molar-refractivity contribution in [2.24, 2.45) is 0 Å². The number of anilines is 2. The van der Waals surface area contributed by atoms with E-state index in [0.717, 1.165) is 49.9 Å². The summed E-state index contributed by atoms with van der Waals surface area (Å²) in [5, 5.41) is 8.52. The molecule has 0 amide bonds. The lowest BCUT2D eigenvalue weighted by Gasteiger charge is -2.35. The van der Waals surface area contributed by atoms with Gasteiger partial charge in [-0.25, -0.2) is 12.8 Å². The summed E-state index contributed by atoms with van der Waals surface area (Å²) in [4.78, 5) is 6.52. The zero-order chi connectivity index (χ0) is 21.3. The van der Waals surface area contributed by atoms with Crippen LogP contribution in [-0.2, 0) is 10.0 Å². The van der Waals surface area contributed by atoms with Crippen molar-refractivity contribution in [1.82, 2.24) is 19.4 Å². The molecule has 0 radical (unpaired) electrons. The van der Waals surface area contributed by atoms with Gasteiger partial charge in [-0.3, -0.25) is 0 Å². The standard InChI is InChI=1S/C19H24ClFN6O2S/c1-24-6-8-25(9-7-24)18-4-5-19(23-22-18)26-10-12-27(13-11-26)30(28,29)15-2-3-17(21)16(20)14-15/h2-5,14H,6-13H2,1H3. The van der Waals surface area contributed by atoms with Crippen LogP contribution in [0.15, 0.2) is 35.2 Å². The van der Waals surface area contributed by atoms with Crippen LogP contribution in [0.25, 0.3) is 0 Å². The van der Waals surface area contributed by atoms with Crippen LogP contribution in [0.5, 0.6) is 0 Å². The maximum atomic E-state index is 13.4. The van der Waals surface area contributed by atoms with Gasteiger partial charge in [-0.1, -0.05) is 11.6 Å². The van der Waals surface area contributed by atoms with Gasteiger partial charge in [0.2, 0.25) is 10.0 Å². The zero-order valence-electron chi connectivity index (χ0n) is 16.7. The molecule has 0 saturated carbocycles. The molecular weight excluding hydrogens is 431 g/mol. The lowest BCUT2D eigenvalue weighted by Crippen LogP contribution is -2.49. The fraction of sp³-hybridized carbons (Fsp3) is 0.474. The van der Waals surface area contributed by atoms with Crippen LogP contribution in [0.2, 0.25) is 5.02 Å². The summed E-state index contributed by atoms with van der Waals surface area (Å²) in [6, 6.07) is 7.37. The van der Waals surface area contributed by atoms with Crippen molar-refractivity contribution in [1.29, 1.82) is 0 Å². The molecule has 4 rings (SSSR count). The van der Waals surface area contributed by atoms with Crippen molar-refractivity contribution in [3.63, 3.8) is 0 Å². The molecule has 0 aliphatic carbocycles. The maximum Gasteiger partial charge on any atom is 0.243 e. The summed E-state index contributed by atoms with van der Waals surface area (Å²) in [6.07, 6.45) is 0. The van der Waals surface area contributed by atoms with Crippen molar-refractivity contribution in [2.45, 2.75) is 4.90 Å². The van der Waals surface area contributed by atoms with Crippen molar-refractivity contribution < 1.29 is 12.8 Å². The van der Waals surface area contributed by atoms with Crippen LogP contribution in [-0.4, -0.2) is 87.2 Å². The SMILES string of the molecule is CN1CCN(c2ccc(N3CCN(S(=O)(=O)c4ccc(F)c(Cl)c4)CC3)nn2)CC1. The Labute approximate surface area is 180 Å². The fourth-order valence-corrected chi connectivity index (χ4v) is 5.33. The number of likely N-dealkylation sites (N-methyl/N-ethyl adjacent to an activating group) is 1. The van der Waals surface area contributed by atoms with E-state index in [-0.39, 0.29) is 9.92 Å². The Bertz CT molecular complexity index is 991. The largest absolute Gasteiger partial charge is 0.353 e. The summed E-state index contributed by atoms with van der Waals surface area (Å²) in [5.41, 5.74) is 0. The van der Waals surface area contributed by atoms with Gasteiger partial charge in [-0.05, 0) is 37.4 Å². The monoisotopic (exact) mass is 454 g/mol. The number of hydrogen-bond donors (Lipinski definition) is 0. The molecular formula is C19H24ClFN6O2S. The summed E-state index contributed by atoms with van der Waals surface area (Å²) in [7, 11) is -1.62. The minimum absolute atomic E-state index is 0.00123. The first-order chi connectivity index (χ1) is 14.3. The van der Waals surface area contributed by atoms with E-state index in [1.54, 1.807) is 0 Å². The highest BCUT2D eigenvalue weighted by atomic mass is 35.5. The maximum absolute atomic E-state index is 13.4. The van der Waals surface area contributed by atoms with E-state index in [1.807, 2.05) is 17.0 Å². The molecule has 11 heteroatoms. The summed E-state index contributed by atoms with van der Waals surface area (Å²) in [6.45, 7) is 5.45. The molecule has 2 aliphatic heterocycles. The van der Waals surface area contributed by atoms with E-state index in [2.05, 4.69) is 27.0 Å². The lowest BCUT2D eigenvalue weighted by atomic mass is 10.3. The minimum Gasteiger partial charge on any atom is -0.353 e. The van der Waals surface area contributed by atoms with Crippen molar-refractivity contribution in [2.75, 3.05) is 69.2 Å². The molecule has 3 heterocycles. The van der Waals surface area contributed by atoms with Gasteiger partial charge in [0.25, 0.3) is 0 Å². The van der Waals surface area contributed by atoms with Crippen molar-refractivity contribution >= 4 is 33.3 Å². The molecule has 1 aromatic heterocycles. The number of rotatable bonds is 4. The van der Waals surface area contributed by atoms with Crippen LogP contribution in [0.1, 0.15) is 0 Å². The molecule has 2 fully saturated rings. The third-order valence-electron chi connectivity index (χ3n) is 5.56. The molecule has 0 N–H and O–H groups in total. The van der Waals surface area contributed by atoms with Gasteiger partial charge in [0, 0.05) is 52.4 Å². The Morgan fingerprint density at radius 3 is 1.90 bits per heavy atom. The first-order valence-corrected chi connectivity index (χ1v) is 11.6. The van der Waals surface area contributed by atoms with E-state index in [4.69, 9.17) is 11.6 Å². The number of sulfonamides is 1. The first-order valence-electron chi connectivity index (χ1n) is 9.82. The quantitative estimate of drug-likeness (QED) is 0.693. The number of halogens is 2. The molecule has 0 unspecified atom stereocenters. The van der Waals surface area contributed by atoms with Gasteiger partial charge < -0.3 is 14.7 Å². The number of piperazine rings is 2. The third kappa shape index (κ3) is 4.36. The summed E-state index contributed by atoms with van der Waals surface area (Å²) >= 11 is 5.75. The van der Waals surface area contributed by atoms with Crippen molar-refractivity contribution in [3.05, 3.63) is 41.2 Å². The van der Waals surface area contributed by atoms with E-state index in [1.165, 1.54) is 10.4 Å². The second-order valence-corrected chi connectivity index (χ2v) is 9.85. The highest BCUT2D eigenvalue weighted by molar-refractivity contribution is 7.89. The van der Waals surface area contributed by atoms with E-state index in [9.17, 15) is 12.8 Å². The van der Waals surface area contributed by atoms with Gasteiger partial charge in [-0.2, -0.15) is 4.31 Å². The number of nitrogens with zero attached hydrogens (tertiary/aromatic N) is 6. The second-order valence-electron chi connectivity index (χ2n) is 7.51. The zero-order valence-corrected chi connectivity index (χ0v) is 18.3. The van der Waals surface area contributed by atoms with Crippen LogP contribution in [0, 0.1) is 5.82 Å². The summed E-state index contributed by atoms with van der Waals surface area (Å²) in [5.74, 6) is 0.954. The van der Waals surface area contributed by atoms with Crippen molar-refractivity contribution in [3.8, 4) is 0 Å². The Balaban J connectivity index is 1.39. The molecule has 0 atom stereocenters. The highest BCUT2D eigenvalue weighted by Gasteiger charge is 2.29. The minimum atomic E-state index is -3.72. The fourth-order valence-electron chi connectivity index (χ4n) is 3.63. The van der Waals surface area contributed by atoms with Crippen LogP contribution in [0.3, 0.4) is 0 Å². The van der Waals surface area contributed by atoms with Crippen LogP contribution >= 0.6 is 11.6 Å². The van der Waals surface area contributed by atoms with Crippen LogP contribution < -0.4 is 9.80 Å². The molecule has 1 aromatic carbocycles. The Kier molecular flexibility index (Phi) is 6.10. The topological polar surface area (TPSA) is 72.9 Å².